The number of piperidine rings is 1. The summed E-state index contributed by atoms with van der Waals surface area (Å²) in [4.78, 5) is 26.5. The summed E-state index contributed by atoms with van der Waals surface area (Å²) in [6.07, 6.45) is 1.06. The third-order valence-corrected chi connectivity index (χ3v) is 5.50. The molecule has 2 N–H and O–H groups in total. The maximum Gasteiger partial charge on any atom is 0.317 e. The summed E-state index contributed by atoms with van der Waals surface area (Å²) in [5, 5.41) is 9.49. The number of rotatable bonds is 4. The molecule has 2 heterocycles. The normalized spacial score (nSPS) is 15.8. The van der Waals surface area contributed by atoms with Crippen LogP contribution in [0.5, 0.6) is 0 Å². The van der Waals surface area contributed by atoms with Crippen LogP contribution in [0, 0.1) is 18.7 Å². The van der Waals surface area contributed by atoms with Crippen molar-refractivity contribution in [1.29, 1.82) is 0 Å². The fourth-order valence-corrected chi connectivity index (χ4v) is 3.77. The van der Waals surface area contributed by atoms with Crippen molar-refractivity contribution in [3.63, 3.8) is 0 Å². The fourth-order valence-electron chi connectivity index (χ4n) is 3.22. The molecule has 0 aliphatic carbocycles. The van der Waals surface area contributed by atoms with Gasteiger partial charge in [-0.3, -0.25) is 4.79 Å². The van der Waals surface area contributed by atoms with E-state index in [1.165, 1.54) is 12.1 Å². The number of anilines is 1. The number of hydrogen-bond acceptors (Lipinski definition) is 4. The van der Waals surface area contributed by atoms with E-state index in [0.717, 1.165) is 0 Å². The van der Waals surface area contributed by atoms with Crippen LogP contribution in [0.4, 0.5) is 15.0 Å². The van der Waals surface area contributed by atoms with Crippen molar-refractivity contribution in [1.82, 2.24) is 15.4 Å². The van der Waals surface area contributed by atoms with Crippen LogP contribution in [-0.4, -0.2) is 35.1 Å². The molecule has 1 unspecified atom stereocenters. The molecule has 1 aliphatic heterocycles. The minimum absolute atomic E-state index is 0.0709. The lowest BCUT2D eigenvalue weighted by atomic mass is 9.96. The molecule has 7 nitrogen and oxygen atoms in total. The number of benzene rings is 1. The van der Waals surface area contributed by atoms with Crippen LogP contribution in [0.3, 0.4) is 0 Å². The molecule has 0 spiro atoms. The smallest absolute Gasteiger partial charge is 0.317 e. The summed E-state index contributed by atoms with van der Waals surface area (Å²) < 4.78 is 18.7. The Kier molecular flexibility index (Phi) is 6.64. The first-order valence-corrected chi connectivity index (χ1v) is 9.94. The van der Waals surface area contributed by atoms with Gasteiger partial charge in [-0.05, 0) is 44.4 Å². The minimum atomic E-state index is -0.596. The number of carbonyl (C=O) groups is 2. The van der Waals surface area contributed by atoms with E-state index in [4.69, 9.17) is 27.7 Å². The van der Waals surface area contributed by atoms with E-state index in [0.29, 0.717) is 43.1 Å². The zero-order valence-electron chi connectivity index (χ0n) is 16.0. The van der Waals surface area contributed by atoms with Gasteiger partial charge in [0.25, 0.3) is 0 Å². The Balaban J connectivity index is 1.52. The summed E-state index contributed by atoms with van der Waals surface area (Å²) in [5.41, 5.74) is 0.444. The molecular weight excluding hydrogens is 422 g/mol. The van der Waals surface area contributed by atoms with E-state index >= 15 is 0 Å². The van der Waals surface area contributed by atoms with Gasteiger partial charge in [-0.2, -0.15) is 0 Å². The zero-order chi connectivity index (χ0) is 21.1. The quantitative estimate of drug-likeness (QED) is 0.679. The second-order valence-corrected chi connectivity index (χ2v) is 7.85. The van der Waals surface area contributed by atoms with Crippen LogP contribution < -0.4 is 10.6 Å². The number of likely N-dealkylation sites (tertiary alicyclic amines) is 1. The maximum absolute atomic E-state index is 13.7. The predicted octanol–water partition coefficient (Wildman–Crippen LogP) is 4.55. The van der Waals surface area contributed by atoms with Crippen molar-refractivity contribution in [3.8, 4) is 0 Å². The van der Waals surface area contributed by atoms with Gasteiger partial charge >= 0.3 is 6.03 Å². The van der Waals surface area contributed by atoms with Gasteiger partial charge in [0, 0.05) is 30.1 Å². The number of nitrogens with one attached hydrogen (secondary N) is 2. The summed E-state index contributed by atoms with van der Waals surface area (Å²) in [6.45, 7) is 4.31. The number of halogens is 3. The summed E-state index contributed by atoms with van der Waals surface area (Å²) in [5.74, 6) is 0.0416. The molecule has 156 valence electrons. The monoisotopic (exact) mass is 442 g/mol. The lowest BCUT2D eigenvalue weighted by Crippen LogP contribution is -2.46. The molecule has 0 radical (unpaired) electrons. The lowest BCUT2D eigenvalue weighted by Gasteiger charge is -2.32. The van der Waals surface area contributed by atoms with Crippen LogP contribution in [0.1, 0.15) is 37.1 Å². The molecule has 3 rings (SSSR count). The average molecular weight is 443 g/mol. The van der Waals surface area contributed by atoms with E-state index in [2.05, 4.69) is 15.8 Å². The number of hydrogen-bond donors (Lipinski definition) is 2. The Labute approximate surface area is 177 Å². The van der Waals surface area contributed by atoms with Gasteiger partial charge in [0.2, 0.25) is 5.91 Å². The van der Waals surface area contributed by atoms with Gasteiger partial charge in [-0.25, -0.2) is 9.18 Å². The summed E-state index contributed by atoms with van der Waals surface area (Å²) in [7, 11) is 0. The highest BCUT2D eigenvalue weighted by Crippen LogP contribution is 2.29. The first kappa shape index (κ1) is 21.4. The largest absolute Gasteiger partial charge is 0.360 e. The van der Waals surface area contributed by atoms with Crippen molar-refractivity contribution in [2.75, 3.05) is 18.4 Å². The fraction of sp³-hybridized carbons (Fsp3) is 0.421. The molecule has 1 aromatic heterocycles. The Morgan fingerprint density at radius 1 is 1.24 bits per heavy atom. The second-order valence-electron chi connectivity index (χ2n) is 7.03. The highest BCUT2D eigenvalue weighted by Gasteiger charge is 2.28. The van der Waals surface area contributed by atoms with Crippen LogP contribution in [0.15, 0.2) is 22.7 Å². The van der Waals surface area contributed by atoms with Gasteiger partial charge in [-0.15, -0.1) is 0 Å². The lowest BCUT2D eigenvalue weighted by molar-refractivity contribution is -0.121. The zero-order valence-corrected chi connectivity index (χ0v) is 17.5. The van der Waals surface area contributed by atoms with Crippen molar-refractivity contribution < 1.29 is 18.5 Å². The van der Waals surface area contributed by atoms with Crippen LogP contribution in [-0.2, 0) is 4.79 Å². The Hall–Kier alpha value is -2.32. The van der Waals surface area contributed by atoms with Crippen LogP contribution in [0.25, 0.3) is 0 Å². The molecule has 2 aromatic rings. The standard InChI is InChI=1S/C19H21Cl2FN4O3/c1-10-7-17(25-29-10)24-18(27)12-3-5-26(6-4-12)19(28)23-11(2)13-8-16(22)15(21)9-14(13)20/h7-9,11-12H,3-6H2,1-2H3,(H,23,28)(H,24,25,27). The highest BCUT2D eigenvalue weighted by atomic mass is 35.5. The second kappa shape index (κ2) is 9.00. The van der Waals surface area contributed by atoms with Crippen molar-refractivity contribution >= 4 is 41.0 Å². The molecule has 1 aliphatic rings. The Morgan fingerprint density at radius 2 is 1.93 bits per heavy atom. The van der Waals surface area contributed by atoms with Gasteiger partial charge in [-0.1, -0.05) is 28.4 Å². The highest BCUT2D eigenvalue weighted by molar-refractivity contribution is 6.35. The number of carbonyl (C=O) groups excluding carboxylic acids is 2. The number of amides is 3. The molecule has 1 saturated heterocycles. The van der Waals surface area contributed by atoms with E-state index < -0.39 is 11.9 Å². The van der Waals surface area contributed by atoms with E-state index in [-0.39, 0.29) is 27.9 Å². The molecule has 3 amide bonds. The van der Waals surface area contributed by atoms with Gasteiger partial charge < -0.3 is 20.1 Å². The number of aryl methyl sites for hydroxylation is 1. The van der Waals surface area contributed by atoms with E-state index in [1.54, 1.807) is 24.8 Å². The SMILES string of the molecule is Cc1cc(NC(=O)C2CCN(C(=O)NC(C)c3cc(F)c(Cl)cc3Cl)CC2)no1. The summed E-state index contributed by atoms with van der Waals surface area (Å²) >= 11 is 11.8. The van der Waals surface area contributed by atoms with Crippen molar-refractivity contribution in [2.24, 2.45) is 5.92 Å². The molecule has 0 saturated carbocycles. The number of nitrogens with zero attached hydrogens (tertiary/aromatic N) is 2. The Bertz CT molecular complexity index is 913. The first-order valence-electron chi connectivity index (χ1n) is 9.18. The minimum Gasteiger partial charge on any atom is -0.360 e. The third kappa shape index (κ3) is 5.19. The molecular formula is C19H21Cl2FN4O3. The first-order chi connectivity index (χ1) is 13.7. The van der Waals surface area contributed by atoms with Gasteiger partial charge in [0.05, 0.1) is 11.1 Å². The molecule has 1 fully saturated rings. The maximum atomic E-state index is 13.7. The molecule has 1 aromatic carbocycles. The van der Waals surface area contributed by atoms with E-state index in [1.807, 2.05) is 0 Å². The van der Waals surface area contributed by atoms with E-state index in [9.17, 15) is 14.0 Å². The Morgan fingerprint density at radius 3 is 2.55 bits per heavy atom. The number of urea groups is 1. The van der Waals surface area contributed by atoms with Crippen molar-refractivity contribution in [2.45, 2.75) is 32.7 Å². The molecule has 29 heavy (non-hydrogen) atoms. The third-order valence-electron chi connectivity index (χ3n) is 4.88. The predicted molar refractivity (Wildman–Crippen MR) is 108 cm³/mol. The summed E-state index contributed by atoms with van der Waals surface area (Å²) in [6, 6.07) is 3.38. The van der Waals surface area contributed by atoms with Crippen LogP contribution >= 0.6 is 23.2 Å². The molecule has 0 bridgehead atoms. The topological polar surface area (TPSA) is 87.5 Å². The molecule has 1 atom stereocenters. The number of aromatic nitrogens is 1. The van der Waals surface area contributed by atoms with Crippen LogP contribution in [0.2, 0.25) is 10.0 Å². The molecule has 10 heteroatoms. The van der Waals surface area contributed by atoms with Gasteiger partial charge in [0.15, 0.2) is 5.82 Å². The van der Waals surface area contributed by atoms with Gasteiger partial charge in [0.1, 0.15) is 11.6 Å². The van der Waals surface area contributed by atoms with Crippen molar-refractivity contribution in [3.05, 3.63) is 45.4 Å². The average Bonchev–Trinajstić information content (AvgIpc) is 3.09.